The van der Waals surface area contributed by atoms with Gasteiger partial charge in [-0.25, -0.2) is 0 Å². The van der Waals surface area contributed by atoms with Crippen LogP contribution in [0.4, 0.5) is 4.39 Å². The third kappa shape index (κ3) is 5.96. The summed E-state index contributed by atoms with van der Waals surface area (Å²) in [5, 5.41) is 9.24. The van der Waals surface area contributed by atoms with Crippen molar-refractivity contribution in [3.63, 3.8) is 0 Å². The monoisotopic (exact) mass is 521 g/mol. The van der Waals surface area contributed by atoms with E-state index in [1.807, 2.05) is 24.3 Å². The molecule has 0 aliphatic heterocycles. The maximum absolute atomic E-state index is 12.8. The van der Waals surface area contributed by atoms with Gasteiger partial charge in [0.25, 0.3) is 0 Å². The van der Waals surface area contributed by atoms with Gasteiger partial charge in [-0.15, -0.1) is 29.8 Å². The number of aliphatic hydroxyl groups excluding tert-OH is 1. The molecule has 0 amide bonds. The fourth-order valence-electron chi connectivity index (χ4n) is 1.82. The van der Waals surface area contributed by atoms with Crippen LogP contribution in [0.3, 0.4) is 0 Å². The number of thiazole rings is 1. The zero-order valence-electron chi connectivity index (χ0n) is 13.0. The Balaban J connectivity index is 0.000000312. The van der Waals surface area contributed by atoms with Crippen LogP contribution in [-0.2, 0) is 24.9 Å². The molecular formula is C18H15FIrNO2S-. The summed E-state index contributed by atoms with van der Waals surface area (Å²) in [6, 6.07) is 15.3. The van der Waals surface area contributed by atoms with Crippen LogP contribution in [-0.4, -0.2) is 15.9 Å². The smallest absolute Gasteiger partial charge is 0.155 e. The number of hydrogen-bond donors (Lipinski definition) is 1. The molecule has 6 heteroatoms. The maximum Gasteiger partial charge on any atom is 0.155 e. The predicted molar refractivity (Wildman–Crippen MR) is 90.9 cm³/mol. The van der Waals surface area contributed by atoms with Gasteiger partial charge in [0.2, 0.25) is 0 Å². The largest absolute Gasteiger partial charge is 0.512 e. The van der Waals surface area contributed by atoms with Crippen LogP contribution in [0.2, 0.25) is 0 Å². The molecule has 1 heterocycles. The number of benzene rings is 2. The zero-order chi connectivity index (χ0) is 16.8. The summed E-state index contributed by atoms with van der Waals surface area (Å²) in [7, 11) is 0. The average molecular weight is 521 g/mol. The first-order valence-electron chi connectivity index (χ1n) is 6.86. The second-order valence-corrected chi connectivity index (χ2v) is 5.83. The fraction of sp³-hybridized carbons (Fsp3) is 0.111. The van der Waals surface area contributed by atoms with E-state index in [9.17, 15) is 9.18 Å². The first-order valence-corrected chi connectivity index (χ1v) is 7.68. The molecule has 3 aromatic rings. The molecule has 127 valence electrons. The van der Waals surface area contributed by atoms with Gasteiger partial charge in [0.15, 0.2) is 5.78 Å². The Hall–Kier alpha value is -1.88. The number of rotatable bonds is 2. The summed E-state index contributed by atoms with van der Waals surface area (Å²) < 4.78 is 13.9. The Bertz CT molecular complexity index is 807. The molecule has 0 bridgehead atoms. The second kappa shape index (κ2) is 9.42. The summed E-state index contributed by atoms with van der Waals surface area (Å²) in [6.45, 7) is 2.85. The summed E-state index contributed by atoms with van der Waals surface area (Å²) in [5.41, 5.74) is 1.81. The molecule has 0 saturated carbocycles. The van der Waals surface area contributed by atoms with E-state index in [0.717, 1.165) is 20.8 Å². The van der Waals surface area contributed by atoms with Crippen molar-refractivity contribution in [3.8, 4) is 10.6 Å². The van der Waals surface area contributed by atoms with E-state index < -0.39 is 0 Å². The third-order valence-electron chi connectivity index (χ3n) is 2.71. The number of halogens is 1. The molecule has 2 aromatic carbocycles. The van der Waals surface area contributed by atoms with Crippen LogP contribution in [0, 0.1) is 11.9 Å². The van der Waals surface area contributed by atoms with Crippen LogP contribution < -0.4 is 0 Å². The van der Waals surface area contributed by atoms with Crippen molar-refractivity contribution in [3.05, 3.63) is 66.2 Å². The number of aliphatic hydroxyl groups is 1. The summed E-state index contributed by atoms with van der Waals surface area (Å²) in [5.74, 6) is -0.336. The molecule has 3 nitrogen and oxygen atoms in total. The SMILES string of the molecule is CC(=O)/C=C(/C)O.Fc1c[c-]c(-c2nc3ccccc3s2)cc1.[Ir]. The van der Waals surface area contributed by atoms with E-state index in [0.29, 0.717) is 0 Å². The maximum atomic E-state index is 12.8. The number of carbonyl (C=O) groups is 1. The van der Waals surface area contributed by atoms with E-state index >= 15 is 0 Å². The first-order chi connectivity index (χ1) is 11.0. The standard InChI is InChI=1S/C13H7FNS.C5H8O2.Ir/c14-10-7-5-9(6-8-10)13-15-11-3-1-2-4-12(11)16-13;1-4(6)3-5(2)7;/h1-5,7-8H;3,6H,1-2H3;/q-1;;/b;4-3-;. The summed E-state index contributed by atoms with van der Waals surface area (Å²) >= 11 is 1.59. The van der Waals surface area contributed by atoms with Crippen LogP contribution in [0.1, 0.15) is 13.8 Å². The van der Waals surface area contributed by atoms with Gasteiger partial charge in [-0.3, -0.25) is 14.2 Å². The van der Waals surface area contributed by atoms with E-state index in [-0.39, 0.29) is 37.5 Å². The molecule has 1 radical (unpaired) electrons. The number of para-hydroxylation sites is 1. The number of ketones is 1. The normalized spacial score (nSPS) is 10.5. The van der Waals surface area contributed by atoms with Gasteiger partial charge in [-0.1, -0.05) is 12.1 Å². The quantitative estimate of drug-likeness (QED) is 0.296. The van der Waals surface area contributed by atoms with Gasteiger partial charge in [0.05, 0.1) is 11.3 Å². The van der Waals surface area contributed by atoms with Crippen molar-refractivity contribution in [2.24, 2.45) is 0 Å². The molecule has 1 N–H and O–H groups in total. The van der Waals surface area contributed by atoms with Gasteiger partial charge in [-0.05, 0) is 26.0 Å². The molecule has 0 aliphatic carbocycles. The van der Waals surface area contributed by atoms with Crippen LogP contribution >= 0.6 is 11.3 Å². The van der Waals surface area contributed by atoms with E-state index in [2.05, 4.69) is 11.1 Å². The molecule has 0 aliphatic rings. The minimum absolute atomic E-state index is 0. The van der Waals surface area contributed by atoms with Crippen molar-refractivity contribution in [1.29, 1.82) is 0 Å². The van der Waals surface area contributed by atoms with Crippen molar-refractivity contribution >= 4 is 27.3 Å². The predicted octanol–water partition coefficient (Wildman–Crippen LogP) is 4.94. The molecule has 3 rings (SSSR count). The molecule has 0 fully saturated rings. The number of aromatic nitrogens is 1. The number of fused-ring (bicyclic) bond motifs is 1. The van der Waals surface area contributed by atoms with E-state index in [4.69, 9.17) is 5.11 Å². The Morgan fingerprint density at radius 1 is 1.25 bits per heavy atom. The molecule has 0 saturated heterocycles. The number of carbonyl (C=O) groups excluding carboxylic acids is 1. The molecule has 0 spiro atoms. The Morgan fingerprint density at radius 3 is 2.46 bits per heavy atom. The number of nitrogens with zero attached hydrogens (tertiary/aromatic N) is 1. The van der Waals surface area contributed by atoms with Crippen LogP contribution in [0.5, 0.6) is 0 Å². The summed E-state index contributed by atoms with van der Waals surface area (Å²) in [6.07, 6.45) is 1.17. The van der Waals surface area contributed by atoms with Gasteiger partial charge >= 0.3 is 0 Å². The minimum atomic E-state index is -0.273. The van der Waals surface area contributed by atoms with Gasteiger partial charge in [0.1, 0.15) is 0 Å². The Kier molecular flexibility index (Phi) is 7.92. The Morgan fingerprint density at radius 2 is 1.96 bits per heavy atom. The average Bonchev–Trinajstić information content (AvgIpc) is 2.91. The third-order valence-corrected chi connectivity index (χ3v) is 3.78. The molecule has 24 heavy (non-hydrogen) atoms. The van der Waals surface area contributed by atoms with Crippen molar-refractivity contribution < 1.29 is 34.4 Å². The van der Waals surface area contributed by atoms with Gasteiger partial charge in [0, 0.05) is 41.7 Å². The Labute approximate surface area is 157 Å². The number of hydrogen-bond acceptors (Lipinski definition) is 4. The van der Waals surface area contributed by atoms with Gasteiger partial charge < -0.3 is 5.11 Å². The second-order valence-electron chi connectivity index (χ2n) is 4.80. The van der Waals surface area contributed by atoms with Gasteiger partial charge in [-0.2, -0.15) is 11.3 Å². The van der Waals surface area contributed by atoms with Crippen LogP contribution in [0.15, 0.2) is 54.3 Å². The molecular weight excluding hydrogens is 505 g/mol. The zero-order valence-corrected chi connectivity index (χ0v) is 16.3. The van der Waals surface area contributed by atoms with E-state index in [1.165, 1.54) is 32.1 Å². The van der Waals surface area contributed by atoms with E-state index in [1.54, 1.807) is 17.4 Å². The van der Waals surface area contributed by atoms with Crippen LogP contribution in [0.25, 0.3) is 20.8 Å². The van der Waals surface area contributed by atoms with Crippen molar-refractivity contribution in [2.75, 3.05) is 0 Å². The van der Waals surface area contributed by atoms with Crippen molar-refractivity contribution in [1.82, 2.24) is 4.98 Å². The minimum Gasteiger partial charge on any atom is -0.512 e. The summed E-state index contributed by atoms with van der Waals surface area (Å²) in [4.78, 5) is 14.5. The topological polar surface area (TPSA) is 50.2 Å². The number of allylic oxidation sites excluding steroid dienone is 2. The molecule has 0 unspecified atom stereocenters. The van der Waals surface area contributed by atoms with Crippen molar-refractivity contribution in [2.45, 2.75) is 13.8 Å². The molecule has 0 atom stereocenters. The molecule has 1 aromatic heterocycles. The first kappa shape index (κ1) is 20.2. The fourth-order valence-corrected chi connectivity index (χ4v) is 2.77.